The molecule has 21 heavy (non-hydrogen) atoms. The fraction of sp³-hybridized carbons (Fsp3) is 0.308. The van der Waals surface area contributed by atoms with Crippen LogP contribution in [0.5, 0.6) is 11.5 Å². The number of ether oxygens (including phenoxy) is 1. The minimum Gasteiger partial charge on any atom is -0.504 e. The van der Waals surface area contributed by atoms with E-state index >= 15 is 0 Å². The van der Waals surface area contributed by atoms with Gasteiger partial charge in [-0.2, -0.15) is 14.9 Å². The van der Waals surface area contributed by atoms with Gasteiger partial charge >= 0.3 is 0 Å². The number of phenols is 2. The fourth-order valence-electron chi connectivity index (χ4n) is 2.18. The number of rotatable bonds is 3. The van der Waals surface area contributed by atoms with E-state index in [-0.39, 0.29) is 17.6 Å². The van der Waals surface area contributed by atoms with Crippen LogP contribution in [0.2, 0.25) is 0 Å². The molecule has 1 fully saturated rings. The second-order valence-corrected chi connectivity index (χ2v) is 5.05. The van der Waals surface area contributed by atoms with E-state index in [9.17, 15) is 10.2 Å². The largest absolute Gasteiger partial charge is 0.504 e. The van der Waals surface area contributed by atoms with Crippen molar-refractivity contribution in [2.45, 2.75) is 18.9 Å². The smallest absolute Gasteiger partial charge is 0.216 e. The molecule has 3 N–H and O–H groups in total. The van der Waals surface area contributed by atoms with Gasteiger partial charge in [0.05, 0.1) is 6.21 Å². The minimum atomic E-state index is -0.227. The van der Waals surface area contributed by atoms with Gasteiger partial charge in [0.1, 0.15) is 6.10 Å². The Morgan fingerprint density at radius 2 is 2.33 bits per heavy atom. The lowest BCUT2D eigenvalue weighted by Gasteiger charge is -2.07. The van der Waals surface area contributed by atoms with E-state index in [1.807, 2.05) is 0 Å². The lowest BCUT2D eigenvalue weighted by atomic mass is 10.2. The molecule has 0 bridgehead atoms. The summed E-state index contributed by atoms with van der Waals surface area (Å²) in [5.41, 5.74) is 0.386. The average Bonchev–Trinajstić information content (AvgIpc) is 3.10. The van der Waals surface area contributed by atoms with Crippen LogP contribution in [0.25, 0.3) is 0 Å². The summed E-state index contributed by atoms with van der Waals surface area (Å²) in [6.45, 7) is 0.696. The number of nitrogens with one attached hydrogen (secondary N) is 1. The number of aromatic amines is 1. The number of H-pyrrole nitrogens is 1. The number of hydrogen-bond acceptors (Lipinski definition) is 6. The summed E-state index contributed by atoms with van der Waals surface area (Å²) in [5.74, 6) is 0.178. The summed E-state index contributed by atoms with van der Waals surface area (Å²) in [4.78, 5) is 0. The van der Waals surface area contributed by atoms with Crippen LogP contribution in [-0.2, 0) is 4.74 Å². The summed E-state index contributed by atoms with van der Waals surface area (Å²) in [7, 11) is 0. The SMILES string of the molecule is Oc1cccc(/C=N/n2c([C@H]3CCCO3)n[nH]c2=S)c1O. The molecule has 0 unspecified atom stereocenters. The average molecular weight is 306 g/mol. The van der Waals surface area contributed by atoms with Crippen LogP contribution in [0, 0.1) is 4.77 Å². The van der Waals surface area contributed by atoms with Gasteiger partial charge in [-0.25, -0.2) is 0 Å². The molecule has 1 aromatic carbocycles. The van der Waals surface area contributed by atoms with Gasteiger partial charge in [-0.15, -0.1) is 0 Å². The Bertz CT molecular complexity index is 731. The Labute approximate surface area is 125 Å². The highest BCUT2D eigenvalue weighted by atomic mass is 32.1. The monoisotopic (exact) mass is 306 g/mol. The highest BCUT2D eigenvalue weighted by Crippen LogP contribution is 2.28. The molecule has 0 amide bonds. The standard InChI is InChI=1S/C13H14N4O3S/c18-9-4-1-3-8(11(9)19)7-14-17-12(15-16-13(17)21)10-5-2-6-20-10/h1,3-4,7,10,18-19H,2,5-6H2,(H,16,21)/b14-7+/t10-/m1/s1. The number of aromatic nitrogens is 3. The Kier molecular flexibility index (Phi) is 3.72. The fourth-order valence-corrected chi connectivity index (χ4v) is 2.36. The predicted octanol–water partition coefficient (Wildman–Crippen LogP) is 2.09. The van der Waals surface area contributed by atoms with Crippen molar-refractivity contribution in [2.75, 3.05) is 6.61 Å². The number of para-hydroxylation sites is 1. The third-order valence-corrected chi connectivity index (χ3v) is 3.52. The summed E-state index contributed by atoms with van der Waals surface area (Å²) < 4.78 is 7.39. The van der Waals surface area contributed by atoms with Crippen molar-refractivity contribution in [3.05, 3.63) is 34.4 Å². The van der Waals surface area contributed by atoms with E-state index in [4.69, 9.17) is 17.0 Å². The van der Waals surface area contributed by atoms with Crippen molar-refractivity contribution in [3.63, 3.8) is 0 Å². The van der Waals surface area contributed by atoms with E-state index in [0.717, 1.165) is 12.8 Å². The highest BCUT2D eigenvalue weighted by Gasteiger charge is 2.23. The van der Waals surface area contributed by atoms with Crippen LogP contribution in [-0.4, -0.2) is 37.9 Å². The summed E-state index contributed by atoms with van der Waals surface area (Å²) in [6, 6.07) is 4.65. The molecule has 3 rings (SSSR count). The molecule has 2 heterocycles. The predicted molar refractivity (Wildman–Crippen MR) is 78.1 cm³/mol. The Morgan fingerprint density at radius 3 is 3.10 bits per heavy atom. The van der Waals surface area contributed by atoms with Crippen LogP contribution in [0.3, 0.4) is 0 Å². The topological polar surface area (TPSA) is 95.7 Å². The molecule has 1 aromatic heterocycles. The summed E-state index contributed by atoms with van der Waals surface area (Å²) >= 11 is 5.15. The van der Waals surface area contributed by atoms with Gasteiger partial charge in [0.2, 0.25) is 4.77 Å². The molecule has 8 heteroatoms. The summed E-state index contributed by atoms with van der Waals surface area (Å²) in [6.07, 6.45) is 3.13. The first-order chi connectivity index (χ1) is 10.2. The number of benzene rings is 1. The molecule has 1 atom stereocenters. The number of nitrogens with zero attached hydrogens (tertiary/aromatic N) is 3. The lowest BCUT2D eigenvalue weighted by Crippen LogP contribution is -2.05. The number of phenolic OH excluding ortho intramolecular Hbond substituents is 2. The van der Waals surface area contributed by atoms with Crippen LogP contribution < -0.4 is 0 Å². The van der Waals surface area contributed by atoms with Crippen LogP contribution in [0.4, 0.5) is 0 Å². The molecule has 1 saturated heterocycles. The quantitative estimate of drug-likeness (QED) is 0.458. The maximum atomic E-state index is 9.75. The zero-order valence-electron chi connectivity index (χ0n) is 11.1. The Morgan fingerprint density at radius 1 is 1.48 bits per heavy atom. The summed E-state index contributed by atoms with van der Waals surface area (Å²) in [5, 5.41) is 30.3. The van der Waals surface area contributed by atoms with Crippen LogP contribution >= 0.6 is 12.2 Å². The van der Waals surface area contributed by atoms with Crippen molar-refractivity contribution >= 4 is 18.4 Å². The number of aromatic hydroxyl groups is 2. The van der Waals surface area contributed by atoms with Gasteiger partial charge in [-0.05, 0) is 37.2 Å². The Hall–Kier alpha value is -2.19. The third-order valence-electron chi connectivity index (χ3n) is 3.25. The van der Waals surface area contributed by atoms with Gasteiger partial charge in [-0.3, -0.25) is 5.10 Å². The molecular formula is C13H14N4O3S. The molecule has 110 valence electrons. The van der Waals surface area contributed by atoms with Crippen molar-refractivity contribution in [3.8, 4) is 11.5 Å². The maximum Gasteiger partial charge on any atom is 0.216 e. The minimum absolute atomic E-state index is 0.132. The molecule has 0 saturated carbocycles. The van der Waals surface area contributed by atoms with E-state index in [1.165, 1.54) is 17.0 Å². The van der Waals surface area contributed by atoms with Gasteiger partial charge in [0.15, 0.2) is 17.3 Å². The zero-order chi connectivity index (χ0) is 14.8. The van der Waals surface area contributed by atoms with E-state index in [0.29, 0.717) is 22.8 Å². The van der Waals surface area contributed by atoms with Crippen molar-refractivity contribution in [1.29, 1.82) is 0 Å². The van der Waals surface area contributed by atoms with Gasteiger partial charge in [-0.1, -0.05) is 6.07 Å². The number of hydrogen-bond donors (Lipinski definition) is 3. The second-order valence-electron chi connectivity index (χ2n) is 4.66. The van der Waals surface area contributed by atoms with E-state index in [2.05, 4.69) is 15.3 Å². The molecule has 2 aromatic rings. The maximum absolute atomic E-state index is 9.75. The molecule has 0 radical (unpaired) electrons. The normalized spacial score (nSPS) is 18.6. The van der Waals surface area contributed by atoms with E-state index in [1.54, 1.807) is 12.1 Å². The zero-order valence-corrected chi connectivity index (χ0v) is 11.9. The van der Waals surface area contributed by atoms with Crippen molar-refractivity contribution in [1.82, 2.24) is 14.9 Å². The van der Waals surface area contributed by atoms with E-state index < -0.39 is 0 Å². The van der Waals surface area contributed by atoms with Gasteiger partial charge in [0.25, 0.3) is 0 Å². The van der Waals surface area contributed by atoms with Gasteiger partial charge in [0, 0.05) is 12.2 Å². The first-order valence-corrected chi connectivity index (χ1v) is 6.92. The molecule has 7 nitrogen and oxygen atoms in total. The highest BCUT2D eigenvalue weighted by molar-refractivity contribution is 7.71. The molecule has 1 aliphatic heterocycles. The van der Waals surface area contributed by atoms with Crippen LogP contribution in [0.15, 0.2) is 23.3 Å². The first kappa shape index (κ1) is 13.8. The third kappa shape index (κ3) is 2.67. The molecule has 0 aliphatic carbocycles. The van der Waals surface area contributed by atoms with Crippen molar-refractivity contribution < 1.29 is 14.9 Å². The molecular weight excluding hydrogens is 292 g/mol. The molecule has 1 aliphatic rings. The van der Waals surface area contributed by atoms with Crippen LogP contribution in [0.1, 0.15) is 30.3 Å². The van der Waals surface area contributed by atoms with Gasteiger partial charge < -0.3 is 14.9 Å². The first-order valence-electron chi connectivity index (χ1n) is 6.51. The Balaban J connectivity index is 1.94. The van der Waals surface area contributed by atoms with Crippen molar-refractivity contribution in [2.24, 2.45) is 5.10 Å². The lowest BCUT2D eigenvalue weighted by molar-refractivity contribution is 0.102. The molecule has 0 spiro atoms. The second kappa shape index (κ2) is 5.66.